The Labute approximate surface area is 187 Å². The quantitative estimate of drug-likeness (QED) is 0.442. The zero-order valence-electron chi connectivity index (χ0n) is 16.6. The van der Waals surface area contributed by atoms with Crippen molar-refractivity contribution < 1.29 is 35.9 Å². The Morgan fingerprint density at radius 3 is 2.12 bits per heavy atom. The highest BCUT2D eigenvalue weighted by Gasteiger charge is 2.36. The molecule has 0 saturated heterocycles. The largest absolute Gasteiger partial charge is 0.416 e. The molecule has 1 amide bonds. The Balaban J connectivity index is 1.60. The molecule has 2 aromatic heterocycles. The van der Waals surface area contributed by atoms with E-state index in [-0.39, 0.29) is 36.6 Å². The summed E-state index contributed by atoms with van der Waals surface area (Å²) in [4.78, 5) is 32.1. The Morgan fingerprint density at radius 1 is 0.939 bits per heavy atom. The number of carbonyl (C=O) groups excluding carboxylic acids is 2. The summed E-state index contributed by atoms with van der Waals surface area (Å²) in [5, 5.41) is 4.15. The van der Waals surface area contributed by atoms with Crippen LogP contribution in [0.1, 0.15) is 39.3 Å². The van der Waals surface area contributed by atoms with Gasteiger partial charge in [0.25, 0.3) is 5.91 Å². The lowest BCUT2D eigenvalue weighted by atomic mass is 9.99. The van der Waals surface area contributed by atoms with Crippen LogP contribution in [0.5, 0.6) is 0 Å². The first-order chi connectivity index (χ1) is 15.4. The summed E-state index contributed by atoms with van der Waals surface area (Å²) in [5.74, 6) is -0.839. The van der Waals surface area contributed by atoms with Crippen molar-refractivity contribution in [3.05, 3.63) is 75.5 Å². The van der Waals surface area contributed by atoms with Crippen LogP contribution in [-0.4, -0.2) is 21.7 Å². The molecule has 174 valence electrons. The number of hydrogen-bond donors (Lipinski definition) is 1. The lowest BCUT2D eigenvalue weighted by Gasteiger charge is -2.14. The minimum absolute atomic E-state index is 0.0456. The average molecular weight is 487 g/mol. The molecule has 0 aliphatic rings. The van der Waals surface area contributed by atoms with Crippen LogP contribution in [0.4, 0.5) is 32.0 Å². The molecule has 0 bridgehead atoms. The van der Waals surface area contributed by atoms with Crippen molar-refractivity contribution >= 4 is 28.7 Å². The number of anilines is 1. The molecular formula is C21H15F6N3O2S. The van der Waals surface area contributed by atoms with Gasteiger partial charge < -0.3 is 5.32 Å². The fourth-order valence-electron chi connectivity index (χ4n) is 2.86. The molecule has 0 aliphatic carbocycles. The third kappa shape index (κ3) is 6.85. The number of pyridine rings is 1. The molecule has 12 heteroatoms. The second-order valence-electron chi connectivity index (χ2n) is 7.00. The molecular weight excluding hydrogens is 472 g/mol. The molecule has 0 aliphatic heterocycles. The summed E-state index contributed by atoms with van der Waals surface area (Å²) in [6.45, 7) is 0. The fourth-order valence-corrected chi connectivity index (χ4v) is 3.39. The van der Waals surface area contributed by atoms with Crippen molar-refractivity contribution in [3.8, 4) is 0 Å². The van der Waals surface area contributed by atoms with Crippen molar-refractivity contribution in [1.29, 1.82) is 0 Å². The van der Waals surface area contributed by atoms with Crippen LogP contribution in [0.2, 0.25) is 0 Å². The van der Waals surface area contributed by atoms with Gasteiger partial charge in [-0.2, -0.15) is 26.3 Å². The van der Waals surface area contributed by atoms with E-state index in [1.807, 2.05) is 0 Å². The van der Waals surface area contributed by atoms with Crippen LogP contribution in [0, 0.1) is 0 Å². The van der Waals surface area contributed by atoms with E-state index in [0.29, 0.717) is 23.5 Å². The highest BCUT2D eigenvalue weighted by Crippen LogP contribution is 2.36. The van der Waals surface area contributed by atoms with Crippen LogP contribution < -0.4 is 5.32 Å². The van der Waals surface area contributed by atoms with E-state index in [9.17, 15) is 35.9 Å². The van der Waals surface area contributed by atoms with Gasteiger partial charge in [0.1, 0.15) is 11.5 Å². The maximum Gasteiger partial charge on any atom is 0.416 e. The molecule has 0 unspecified atom stereocenters. The number of nitrogens with zero attached hydrogens (tertiary/aromatic N) is 2. The van der Waals surface area contributed by atoms with E-state index in [4.69, 9.17) is 0 Å². The molecule has 1 aromatic carbocycles. The topological polar surface area (TPSA) is 72.0 Å². The second-order valence-corrected chi connectivity index (χ2v) is 7.71. The number of halogens is 6. The third-order valence-electron chi connectivity index (χ3n) is 4.47. The van der Waals surface area contributed by atoms with Crippen LogP contribution in [-0.2, 0) is 30.0 Å². The second kappa shape index (κ2) is 9.69. The number of carbonyl (C=O) groups is 2. The molecule has 0 saturated carbocycles. The first kappa shape index (κ1) is 24.4. The molecule has 0 atom stereocenters. The number of rotatable bonds is 7. The first-order valence-corrected chi connectivity index (χ1v) is 10.3. The van der Waals surface area contributed by atoms with E-state index >= 15 is 0 Å². The van der Waals surface area contributed by atoms with Crippen molar-refractivity contribution in [2.45, 2.75) is 31.6 Å². The molecule has 2 heterocycles. The Hall–Kier alpha value is -3.28. The summed E-state index contributed by atoms with van der Waals surface area (Å²) in [5.41, 5.74) is -0.625. The summed E-state index contributed by atoms with van der Waals surface area (Å²) in [7, 11) is 0. The predicted octanol–water partition coefficient (Wildman–Crippen LogP) is 5.57. The maximum atomic E-state index is 12.9. The predicted molar refractivity (Wildman–Crippen MR) is 108 cm³/mol. The van der Waals surface area contributed by atoms with Gasteiger partial charge >= 0.3 is 12.4 Å². The number of benzene rings is 1. The van der Waals surface area contributed by atoms with Gasteiger partial charge in [0.05, 0.1) is 28.5 Å². The zero-order chi connectivity index (χ0) is 24.2. The van der Waals surface area contributed by atoms with Crippen LogP contribution in [0.3, 0.4) is 0 Å². The lowest BCUT2D eigenvalue weighted by molar-refractivity contribution is -0.143. The van der Waals surface area contributed by atoms with E-state index in [1.54, 1.807) is 5.38 Å². The van der Waals surface area contributed by atoms with Gasteiger partial charge in [0.15, 0.2) is 0 Å². The molecule has 5 nitrogen and oxygen atoms in total. The van der Waals surface area contributed by atoms with Gasteiger partial charge in [-0.25, -0.2) is 4.98 Å². The Bertz CT molecular complexity index is 1090. The van der Waals surface area contributed by atoms with E-state index < -0.39 is 35.2 Å². The number of thiazole rings is 1. The molecule has 0 fully saturated rings. The van der Waals surface area contributed by atoms with Gasteiger partial charge in [0.2, 0.25) is 0 Å². The summed E-state index contributed by atoms with van der Waals surface area (Å²) < 4.78 is 77.7. The first-order valence-electron chi connectivity index (χ1n) is 9.36. The van der Waals surface area contributed by atoms with Crippen LogP contribution in [0.25, 0.3) is 0 Å². The third-order valence-corrected chi connectivity index (χ3v) is 5.05. The monoisotopic (exact) mass is 487 g/mol. The maximum absolute atomic E-state index is 12.9. The van der Waals surface area contributed by atoms with Crippen LogP contribution >= 0.6 is 11.3 Å². The van der Waals surface area contributed by atoms with Crippen molar-refractivity contribution in [1.82, 2.24) is 9.97 Å². The van der Waals surface area contributed by atoms with Gasteiger partial charge in [-0.05, 0) is 42.3 Å². The van der Waals surface area contributed by atoms with Gasteiger partial charge in [-0.15, -0.1) is 11.3 Å². The minimum atomic E-state index is -4.94. The highest BCUT2D eigenvalue weighted by molar-refractivity contribution is 7.07. The SMILES string of the molecule is O=C(CCc1cc(C(F)(F)F)cc(C(F)(F)F)c1)Cc1ccc(NC(=O)c2cscn2)cn1. The number of hydrogen-bond acceptors (Lipinski definition) is 5. The number of aryl methyl sites for hydroxylation is 1. The van der Waals surface area contributed by atoms with Crippen molar-refractivity contribution in [2.24, 2.45) is 0 Å². The van der Waals surface area contributed by atoms with Crippen molar-refractivity contribution in [3.63, 3.8) is 0 Å². The normalized spacial score (nSPS) is 11.9. The number of amides is 1. The van der Waals surface area contributed by atoms with Crippen LogP contribution in [0.15, 0.2) is 47.4 Å². The molecule has 3 aromatic rings. The Kier molecular flexibility index (Phi) is 7.15. The van der Waals surface area contributed by atoms with Gasteiger partial charge in [0, 0.05) is 23.9 Å². The fraction of sp³-hybridized carbons (Fsp3) is 0.238. The lowest BCUT2D eigenvalue weighted by Crippen LogP contribution is -2.13. The van der Waals surface area contributed by atoms with E-state index in [2.05, 4.69) is 15.3 Å². The number of aromatic nitrogens is 2. The van der Waals surface area contributed by atoms with E-state index in [1.165, 1.54) is 35.2 Å². The highest BCUT2D eigenvalue weighted by atomic mass is 32.1. The number of alkyl halides is 6. The minimum Gasteiger partial charge on any atom is -0.319 e. The smallest absolute Gasteiger partial charge is 0.319 e. The van der Waals surface area contributed by atoms with Gasteiger partial charge in [-0.1, -0.05) is 0 Å². The Morgan fingerprint density at radius 2 is 1.61 bits per heavy atom. The van der Waals surface area contributed by atoms with E-state index in [0.717, 1.165) is 0 Å². The number of ketones is 1. The molecule has 33 heavy (non-hydrogen) atoms. The summed E-state index contributed by atoms with van der Waals surface area (Å²) >= 11 is 1.26. The van der Waals surface area contributed by atoms with Gasteiger partial charge in [-0.3, -0.25) is 14.6 Å². The standard InChI is InChI=1S/C21H15F6N3O2S/c22-20(23,24)13-5-12(6-14(7-13)21(25,26)27)1-4-17(31)8-15-2-3-16(9-28-15)30-19(32)18-10-33-11-29-18/h2-3,5-7,9-11H,1,4,8H2,(H,30,32). The molecule has 1 N–H and O–H groups in total. The molecule has 0 radical (unpaired) electrons. The average Bonchev–Trinajstić information content (AvgIpc) is 3.27. The summed E-state index contributed by atoms with van der Waals surface area (Å²) in [6, 6.07) is 4.27. The summed E-state index contributed by atoms with van der Waals surface area (Å²) in [6.07, 6.45) is -9.27. The van der Waals surface area contributed by atoms with Crippen molar-refractivity contribution in [2.75, 3.05) is 5.32 Å². The molecule has 0 spiro atoms. The number of nitrogens with one attached hydrogen (secondary N) is 1. The number of Topliss-reactive ketones (excluding diaryl/α,β-unsaturated/α-hetero) is 1. The molecule has 3 rings (SSSR count). The zero-order valence-corrected chi connectivity index (χ0v) is 17.4.